The highest BCUT2D eigenvalue weighted by molar-refractivity contribution is 7.71. The van der Waals surface area contributed by atoms with Gasteiger partial charge in [-0.15, -0.1) is 6.58 Å². The van der Waals surface area contributed by atoms with Crippen LogP contribution in [0.2, 0.25) is 0 Å². The van der Waals surface area contributed by atoms with E-state index in [2.05, 4.69) is 43.6 Å². The second-order valence-electron chi connectivity index (χ2n) is 4.84. The van der Waals surface area contributed by atoms with E-state index in [1.807, 2.05) is 10.6 Å². The monoisotopic (exact) mass is 289 g/mol. The first-order valence-electron chi connectivity index (χ1n) is 6.48. The molecule has 0 bridgehead atoms. The zero-order chi connectivity index (χ0) is 14.7. The van der Waals surface area contributed by atoms with Gasteiger partial charge in [0.15, 0.2) is 10.6 Å². The van der Waals surface area contributed by atoms with Crippen LogP contribution in [0, 0.1) is 25.5 Å². The van der Waals surface area contributed by atoms with Crippen LogP contribution in [0.4, 0.5) is 0 Å². The van der Waals surface area contributed by atoms with Gasteiger partial charge in [-0.25, -0.2) is 0 Å². The molecule has 20 heavy (non-hydrogen) atoms. The summed E-state index contributed by atoms with van der Waals surface area (Å²) >= 11 is 5.18. The minimum atomic E-state index is 0.380. The lowest BCUT2D eigenvalue weighted by Gasteiger charge is -2.12. The number of aromatic nitrogens is 3. The molecule has 0 saturated carbocycles. The summed E-state index contributed by atoms with van der Waals surface area (Å²) in [5, 5.41) is 6.98. The normalized spacial score (nSPS) is 10.6. The minimum Gasteiger partial charge on any atom is -0.485 e. The van der Waals surface area contributed by atoms with Crippen molar-refractivity contribution in [1.29, 1.82) is 0 Å². The van der Waals surface area contributed by atoms with Crippen LogP contribution in [0.25, 0.3) is 0 Å². The highest BCUT2D eigenvalue weighted by Gasteiger charge is 2.08. The van der Waals surface area contributed by atoms with Gasteiger partial charge in [-0.3, -0.25) is 9.67 Å². The molecule has 0 aliphatic rings. The molecule has 2 aromatic rings. The van der Waals surface area contributed by atoms with Crippen LogP contribution >= 0.6 is 12.2 Å². The van der Waals surface area contributed by atoms with Crippen molar-refractivity contribution in [1.82, 2.24) is 14.8 Å². The molecule has 1 heterocycles. The second-order valence-corrected chi connectivity index (χ2v) is 5.22. The Labute approximate surface area is 124 Å². The van der Waals surface area contributed by atoms with Crippen molar-refractivity contribution in [2.24, 2.45) is 0 Å². The van der Waals surface area contributed by atoms with E-state index in [4.69, 9.17) is 17.0 Å². The Morgan fingerprint density at radius 3 is 2.85 bits per heavy atom. The summed E-state index contributed by atoms with van der Waals surface area (Å²) in [5.41, 5.74) is 3.57. The summed E-state index contributed by atoms with van der Waals surface area (Å²) in [6, 6.07) is 4.19. The van der Waals surface area contributed by atoms with Crippen molar-refractivity contribution >= 4 is 12.2 Å². The number of ether oxygens (including phenoxy) is 1. The molecule has 0 aliphatic carbocycles. The number of nitrogens with zero attached hydrogens (tertiary/aromatic N) is 2. The molecule has 1 N–H and O–H groups in total. The molecular weight excluding hydrogens is 270 g/mol. The van der Waals surface area contributed by atoms with Gasteiger partial charge in [-0.05, 0) is 55.7 Å². The fourth-order valence-corrected chi connectivity index (χ4v) is 2.30. The number of aryl methyl sites for hydroxylation is 2. The molecule has 0 spiro atoms. The predicted octanol–water partition coefficient (Wildman–Crippen LogP) is 3.63. The third-order valence-corrected chi connectivity index (χ3v) is 3.58. The van der Waals surface area contributed by atoms with Crippen LogP contribution in [-0.4, -0.2) is 14.8 Å². The van der Waals surface area contributed by atoms with Crippen molar-refractivity contribution < 1.29 is 4.74 Å². The second kappa shape index (κ2) is 6.05. The average Bonchev–Trinajstić information content (AvgIpc) is 2.74. The van der Waals surface area contributed by atoms with Gasteiger partial charge in [0, 0.05) is 6.54 Å². The van der Waals surface area contributed by atoms with E-state index in [0.717, 1.165) is 17.1 Å². The fraction of sp³-hybridized carbons (Fsp3) is 0.333. The minimum absolute atomic E-state index is 0.380. The zero-order valence-electron chi connectivity index (χ0n) is 12.1. The van der Waals surface area contributed by atoms with E-state index in [0.29, 0.717) is 17.9 Å². The molecule has 1 aromatic carbocycles. The SMILES string of the molecule is C=CCn1c(COc2cc(C)cc(C)c2C)n[nH]c1=S. The molecule has 4 nitrogen and oxygen atoms in total. The van der Waals surface area contributed by atoms with Crippen LogP contribution < -0.4 is 4.74 Å². The number of benzene rings is 1. The van der Waals surface area contributed by atoms with Gasteiger partial charge < -0.3 is 4.74 Å². The maximum absolute atomic E-state index is 5.90. The first kappa shape index (κ1) is 14.5. The molecule has 0 unspecified atom stereocenters. The van der Waals surface area contributed by atoms with E-state index < -0.39 is 0 Å². The fourth-order valence-electron chi connectivity index (χ4n) is 2.07. The van der Waals surface area contributed by atoms with Gasteiger partial charge in [-0.1, -0.05) is 12.1 Å². The summed E-state index contributed by atoms with van der Waals surface area (Å²) < 4.78 is 8.36. The molecule has 0 aliphatic heterocycles. The van der Waals surface area contributed by atoms with Crippen LogP contribution in [0.1, 0.15) is 22.5 Å². The number of hydrogen-bond acceptors (Lipinski definition) is 3. The van der Waals surface area contributed by atoms with Gasteiger partial charge in [0.25, 0.3) is 0 Å². The summed E-state index contributed by atoms with van der Waals surface area (Å²) in [4.78, 5) is 0. The lowest BCUT2D eigenvalue weighted by atomic mass is 10.1. The third-order valence-electron chi connectivity index (χ3n) is 3.27. The van der Waals surface area contributed by atoms with Crippen molar-refractivity contribution in [2.75, 3.05) is 0 Å². The van der Waals surface area contributed by atoms with Crippen LogP contribution in [0.5, 0.6) is 5.75 Å². The third kappa shape index (κ3) is 2.99. The van der Waals surface area contributed by atoms with Gasteiger partial charge in [0.05, 0.1) is 0 Å². The molecule has 0 amide bonds. The van der Waals surface area contributed by atoms with E-state index in [1.54, 1.807) is 6.08 Å². The summed E-state index contributed by atoms with van der Waals surface area (Å²) in [7, 11) is 0. The highest BCUT2D eigenvalue weighted by atomic mass is 32.1. The molecular formula is C15H19N3OS. The molecule has 106 valence electrons. The van der Waals surface area contributed by atoms with Crippen LogP contribution in [0.3, 0.4) is 0 Å². The molecule has 0 radical (unpaired) electrons. The molecule has 1 aromatic heterocycles. The van der Waals surface area contributed by atoms with Crippen LogP contribution in [-0.2, 0) is 13.2 Å². The summed E-state index contributed by atoms with van der Waals surface area (Å²) in [5.74, 6) is 1.66. The first-order valence-corrected chi connectivity index (χ1v) is 6.89. The number of H-pyrrole nitrogens is 1. The van der Waals surface area contributed by atoms with Gasteiger partial charge in [0.1, 0.15) is 12.4 Å². The standard InChI is InChI=1S/C15H19N3OS/c1-5-6-18-14(16-17-15(18)20)9-19-13-8-10(2)7-11(3)12(13)4/h5,7-8H,1,6,9H2,2-4H3,(H,17,20). The lowest BCUT2D eigenvalue weighted by molar-refractivity contribution is 0.287. The van der Waals surface area contributed by atoms with Gasteiger partial charge in [0.2, 0.25) is 0 Å². The Kier molecular flexibility index (Phi) is 4.39. The van der Waals surface area contributed by atoms with Crippen molar-refractivity contribution in [3.8, 4) is 5.75 Å². The Bertz CT molecular complexity index is 685. The van der Waals surface area contributed by atoms with Gasteiger partial charge in [-0.2, -0.15) is 5.10 Å². The van der Waals surface area contributed by atoms with Crippen molar-refractivity contribution in [3.05, 3.63) is 52.1 Å². The average molecular weight is 289 g/mol. The van der Waals surface area contributed by atoms with E-state index in [9.17, 15) is 0 Å². The smallest absolute Gasteiger partial charge is 0.195 e. The maximum atomic E-state index is 5.90. The number of hydrogen-bond donors (Lipinski definition) is 1. The summed E-state index contributed by atoms with van der Waals surface area (Å²) in [6.45, 7) is 10.9. The molecule has 0 fully saturated rings. The van der Waals surface area contributed by atoms with Crippen molar-refractivity contribution in [3.63, 3.8) is 0 Å². The Morgan fingerprint density at radius 2 is 2.15 bits per heavy atom. The maximum Gasteiger partial charge on any atom is 0.195 e. The number of aromatic amines is 1. The molecule has 2 rings (SSSR count). The lowest BCUT2D eigenvalue weighted by Crippen LogP contribution is -2.07. The largest absolute Gasteiger partial charge is 0.485 e. The van der Waals surface area contributed by atoms with E-state index >= 15 is 0 Å². The molecule has 0 saturated heterocycles. The zero-order valence-corrected chi connectivity index (χ0v) is 12.9. The Hall–Kier alpha value is -1.88. The number of nitrogens with one attached hydrogen (secondary N) is 1. The number of rotatable bonds is 5. The van der Waals surface area contributed by atoms with Crippen molar-refractivity contribution in [2.45, 2.75) is 33.9 Å². The first-order chi connectivity index (χ1) is 9.52. The molecule has 0 atom stereocenters. The predicted molar refractivity (Wildman–Crippen MR) is 82.6 cm³/mol. The van der Waals surface area contributed by atoms with E-state index in [-0.39, 0.29) is 0 Å². The van der Waals surface area contributed by atoms with E-state index in [1.165, 1.54) is 11.1 Å². The van der Waals surface area contributed by atoms with Crippen LogP contribution in [0.15, 0.2) is 24.8 Å². The Morgan fingerprint density at radius 1 is 1.40 bits per heavy atom. The quantitative estimate of drug-likeness (QED) is 0.675. The molecule has 5 heteroatoms. The summed E-state index contributed by atoms with van der Waals surface area (Å²) in [6.07, 6.45) is 1.79. The number of allylic oxidation sites excluding steroid dienone is 1. The van der Waals surface area contributed by atoms with Gasteiger partial charge >= 0.3 is 0 Å². The highest BCUT2D eigenvalue weighted by Crippen LogP contribution is 2.24. The topological polar surface area (TPSA) is 42.8 Å². The Balaban J connectivity index is 2.21.